The molecule has 0 radical (unpaired) electrons. The van der Waals surface area contributed by atoms with Crippen molar-refractivity contribution in [1.29, 1.82) is 0 Å². The Bertz CT molecular complexity index is 597. The zero-order valence-electron chi connectivity index (χ0n) is 10.3. The smallest absolute Gasteiger partial charge is 0.338 e. The second kappa shape index (κ2) is 5.97. The van der Waals surface area contributed by atoms with E-state index in [9.17, 15) is 9.18 Å². The van der Waals surface area contributed by atoms with Gasteiger partial charge >= 0.3 is 5.97 Å². The minimum atomic E-state index is -0.471. The molecule has 0 saturated carbocycles. The maximum Gasteiger partial charge on any atom is 0.338 e. The van der Waals surface area contributed by atoms with Crippen molar-refractivity contribution < 1.29 is 13.9 Å². The standard InChI is InChI=1S/C15H12BrFO2/c1-19-15(18)13-7-11(9-16)14(17)8-12(13)10-5-3-2-4-6-10/h2-8H,9H2,1H3. The van der Waals surface area contributed by atoms with Crippen molar-refractivity contribution in [3.05, 3.63) is 59.4 Å². The van der Waals surface area contributed by atoms with Crippen molar-refractivity contribution in [2.24, 2.45) is 0 Å². The molecule has 0 unspecified atom stereocenters. The first-order chi connectivity index (χ1) is 9.17. The molecule has 0 aliphatic carbocycles. The molecule has 0 heterocycles. The minimum Gasteiger partial charge on any atom is -0.465 e. The van der Waals surface area contributed by atoms with Gasteiger partial charge in [-0.3, -0.25) is 0 Å². The third kappa shape index (κ3) is 2.84. The van der Waals surface area contributed by atoms with Gasteiger partial charge in [0, 0.05) is 5.33 Å². The van der Waals surface area contributed by atoms with Gasteiger partial charge in [-0.05, 0) is 28.8 Å². The lowest BCUT2D eigenvalue weighted by atomic mass is 9.97. The molecule has 19 heavy (non-hydrogen) atoms. The molecule has 4 heteroatoms. The number of esters is 1. The van der Waals surface area contributed by atoms with E-state index in [2.05, 4.69) is 15.9 Å². The molecule has 0 amide bonds. The molecule has 0 saturated heterocycles. The Hall–Kier alpha value is -1.68. The minimum absolute atomic E-state index is 0.344. The van der Waals surface area contributed by atoms with E-state index in [0.717, 1.165) is 5.56 Å². The molecule has 2 aromatic rings. The molecule has 0 aliphatic rings. The summed E-state index contributed by atoms with van der Waals surface area (Å²) in [6.45, 7) is 0. The SMILES string of the molecule is COC(=O)c1cc(CBr)c(F)cc1-c1ccccc1. The van der Waals surface area contributed by atoms with Crippen molar-refractivity contribution in [1.82, 2.24) is 0 Å². The number of carbonyl (C=O) groups excluding carboxylic acids is 1. The molecular formula is C15H12BrFO2. The summed E-state index contributed by atoms with van der Waals surface area (Å²) in [7, 11) is 1.31. The second-order valence-electron chi connectivity index (χ2n) is 3.98. The van der Waals surface area contributed by atoms with Crippen LogP contribution in [0.3, 0.4) is 0 Å². The number of hydrogen-bond donors (Lipinski definition) is 0. The number of hydrogen-bond acceptors (Lipinski definition) is 2. The fourth-order valence-corrected chi connectivity index (χ4v) is 2.29. The van der Waals surface area contributed by atoms with Crippen LogP contribution in [0.5, 0.6) is 0 Å². The van der Waals surface area contributed by atoms with Crippen LogP contribution >= 0.6 is 15.9 Å². The first-order valence-electron chi connectivity index (χ1n) is 5.69. The van der Waals surface area contributed by atoms with Crippen molar-refractivity contribution in [3.8, 4) is 11.1 Å². The van der Waals surface area contributed by atoms with Gasteiger partial charge in [-0.25, -0.2) is 9.18 Å². The first kappa shape index (κ1) is 13.7. The Kier molecular flexibility index (Phi) is 4.32. The van der Waals surface area contributed by atoms with Crippen LogP contribution in [0.2, 0.25) is 0 Å². The quantitative estimate of drug-likeness (QED) is 0.626. The third-order valence-corrected chi connectivity index (χ3v) is 3.42. The molecule has 0 aromatic heterocycles. The van der Waals surface area contributed by atoms with Crippen LogP contribution < -0.4 is 0 Å². The molecule has 2 aromatic carbocycles. The van der Waals surface area contributed by atoms with Gasteiger partial charge in [-0.15, -0.1) is 0 Å². The third-order valence-electron chi connectivity index (χ3n) is 2.82. The average Bonchev–Trinajstić information content (AvgIpc) is 2.47. The zero-order chi connectivity index (χ0) is 13.8. The van der Waals surface area contributed by atoms with Crippen molar-refractivity contribution >= 4 is 21.9 Å². The normalized spacial score (nSPS) is 10.3. The van der Waals surface area contributed by atoms with Crippen molar-refractivity contribution in [3.63, 3.8) is 0 Å². The molecule has 0 bridgehead atoms. The zero-order valence-corrected chi connectivity index (χ0v) is 11.9. The molecule has 0 aliphatic heterocycles. The fourth-order valence-electron chi connectivity index (χ4n) is 1.86. The van der Waals surface area contributed by atoms with E-state index in [1.54, 1.807) is 0 Å². The van der Waals surface area contributed by atoms with Gasteiger partial charge in [-0.1, -0.05) is 46.3 Å². The fraction of sp³-hybridized carbons (Fsp3) is 0.133. The highest BCUT2D eigenvalue weighted by atomic mass is 79.9. The topological polar surface area (TPSA) is 26.3 Å². The maximum absolute atomic E-state index is 13.9. The molecular weight excluding hydrogens is 311 g/mol. The Balaban J connectivity index is 2.65. The van der Waals surface area contributed by atoms with Gasteiger partial charge < -0.3 is 4.74 Å². The van der Waals surface area contributed by atoms with E-state index >= 15 is 0 Å². The van der Waals surface area contributed by atoms with E-state index in [4.69, 9.17) is 4.74 Å². The summed E-state index contributed by atoms with van der Waals surface area (Å²) in [5.41, 5.74) is 2.11. The highest BCUT2D eigenvalue weighted by molar-refractivity contribution is 9.08. The van der Waals surface area contributed by atoms with Crippen LogP contribution in [-0.2, 0) is 10.1 Å². The van der Waals surface area contributed by atoms with E-state index in [-0.39, 0.29) is 5.82 Å². The van der Waals surface area contributed by atoms with E-state index < -0.39 is 5.97 Å². The summed E-state index contributed by atoms with van der Waals surface area (Å²) in [6.07, 6.45) is 0. The van der Waals surface area contributed by atoms with Crippen LogP contribution in [0, 0.1) is 5.82 Å². The number of benzene rings is 2. The first-order valence-corrected chi connectivity index (χ1v) is 6.81. The number of carbonyl (C=O) groups is 1. The Morgan fingerprint density at radius 2 is 1.95 bits per heavy atom. The number of alkyl halides is 1. The van der Waals surface area contributed by atoms with Gasteiger partial charge in [0.05, 0.1) is 12.7 Å². The van der Waals surface area contributed by atoms with Crippen LogP contribution in [0.4, 0.5) is 4.39 Å². The van der Waals surface area contributed by atoms with Gasteiger partial charge in [0.1, 0.15) is 5.82 Å². The lowest BCUT2D eigenvalue weighted by Gasteiger charge is -2.11. The van der Waals surface area contributed by atoms with Crippen LogP contribution in [0.25, 0.3) is 11.1 Å². The van der Waals surface area contributed by atoms with Crippen LogP contribution in [-0.4, -0.2) is 13.1 Å². The lowest BCUT2D eigenvalue weighted by Crippen LogP contribution is -2.05. The van der Waals surface area contributed by atoms with Crippen molar-refractivity contribution in [2.45, 2.75) is 5.33 Å². The molecule has 0 spiro atoms. The molecule has 0 N–H and O–H groups in total. The highest BCUT2D eigenvalue weighted by Crippen LogP contribution is 2.28. The molecule has 2 nitrogen and oxygen atoms in total. The predicted molar refractivity (Wildman–Crippen MR) is 75.8 cm³/mol. The average molecular weight is 323 g/mol. The molecule has 98 valence electrons. The van der Waals surface area contributed by atoms with Gasteiger partial charge in [0.2, 0.25) is 0 Å². The summed E-state index contributed by atoms with van der Waals surface area (Å²) >= 11 is 3.20. The Morgan fingerprint density at radius 3 is 2.53 bits per heavy atom. The Morgan fingerprint density at radius 1 is 1.26 bits per heavy atom. The van der Waals surface area contributed by atoms with E-state index in [1.807, 2.05) is 30.3 Å². The largest absolute Gasteiger partial charge is 0.465 e. The van der Waals surface area contributed by atoms with Crippen molar-refractivity contribution in [2.75, 3.05) is 7.11 Å². The molecule has 0 atom stereocenters. The van der Waals surface area contributed by atoms with E-state index in [1.165, 1.54) is 19.2 Å². The van der Waals surface area contributed by atoms with Gasteiger partial charge in [0.15, 0.2) is 0 Å². The van der Waals surface area contributed by atoms with Gasteiger partial charge in [0.25, 0.3) is 0 Å². The summed E-state index contributed by atoms with van der Waals surface area (Å²) in [4.78, 5) is 11.8. The Labute approximate surface area is 119 Å². The number of rotatable bonds is 3. The molecule has 2 rings (SSSR count). The maximum atomic E-state index is 13.9. The number of ether oxygens (including phenoxy) is 1. The summed E-state index contributed by atoms with van der Waals surface area (Å²) < 4.78 is 18.7. The number of methoxy groups -OCH3 is 1. The summed E-state index contributed by atoms with van der Waals surface area (Å²) in [6, 6.07) is 12.1. The summed E-state index contributed by atoms with van der Waals surface area (Å²) in [5, 5.41) is 0.345. The predicted octanol–water partition coefficient (Wildman–Crippen LogP) is 4.17. The highest BCUT2D eigenvalue weighted by Gasteiger charge is 2.17. The van der Waals surface area contributed by atoms with E-state index in [0.29, 0.717) is 22.0 Å². The number of halogens is 2. The van der Waals surface area contributed by atoms with Gasteiger partial charge in [-0.2, -0.15) is 0 Å². The lowest BCUT2D eigenvalue weighted by molar-refractivity contribution is 0.0601. The molecule has 0 fully saturated rings. The summed E-state index contributed by atoms with van der Waals surface area (Å²) in [5.74, 6) is -0.815. The van der Waals surface area contributed by atoms with Crippen LogP contribution in [0.1, 0.15) is 15.9 Å². The second-order valence-corrected chi connectivity index (χ2v) is 4.54. The van der Waals surface area contributed by atoms with Crippen LogP contribution in [0.15, 0.2) is 42.5 Å². The monoisotopic (exact) mass is 322 g/mol.